The van der Waals surface area contributed by atoms with Gasteiger partial charge in [-0.25, -0.2) is 0 Å². The largest absolute Gasteiger partial charge is 0.0683 e. The van der Waals surface area contributed by atoms with E-state index in [9.17, 15) is 0 Å². The number of halogens is 1. The summed E-state index contributed by atoms with van der Waals surface area (Å²) < 4.78 is 1.21. The molecule has 0 spiro atoms. The summed E-state index contributed by atoms with van der Waals surface area (Å²) in [5, 5.41) is 0. The van der Waals surface area contributed by atoms with Gasteiger partial charge in [-0.05, 0) is 60.6 Å². The van der Waals surface area contributed by atoms with Gasteiger partial charge >= 0.3 is 0 Å². The second kappa shape index (κ2) is 8.26. The molecule has 2 aromatic carbocycles. The number of aryl methyl sites for hydroxylation is 2. The summed E-state index contributed by atoms with van der Waals surface area (Å²) in [6.45, 7) is 10.5. The van der Waals surface area contributed by atoms with Crippen LogP contribution < -0.4 is 0 Å². The summed E-state index contributed by atoms with van der Waals surface area (Å²) in [4.78, 5) is 0. The third-order valence-electron chi connectivity index (χ3n) is 3.42. The first-order valence-electron chi connectivity index (χ1n) is 7.43. The van der Waals surface area contributed by atoms with Gasteiger partial charge in [-0.3, -0.25) is 0 Å². The standard InChI is InChI=1S/C17H19Br.C2H6/c1-4-14-5-7-15(8-6-14)11-16-9-12(2)10-17(18)13(16)3;1-2/h5-10H,4,11H2,1-3H3;1-2H3. The van der Waals surface area contributed by atoms with Crippen LogP contribution in [0, 0.1) is 13.8 Å². The van der Waals surface area contributed by atoms with Crippen LogP contribution in [-0.4, -0.2) is 0 Å². The molecule has 0 aliphatic heterocycles. The van der Waals surface area contributed by atoms with Crippen LogP contribution in [0.1, 0.15) is 48.6 Å². The van der Waals surface area contributed by atoms with E-state index in [2.05, 4.69) is 73.1 Å². The van der Waals surface area contributed by atoms with Gasteiger partial charge < -0.3 is 0 Å². The molecule has 0 N–H and O–H groups in total. The predicted octanol–water partition coefficient (Wildman–Crippen LogP) is 6.25. The van der Waals surface area contributed by atoms with Crippen molar-refractivity contribution in [3.8, 4) is 0 Å². The Balaban J connectivity index is 0.000000956. The Hall–Kier alpha value is -1.08. The van der Waals surface area contributed by atoms with Crippen molar-refractivity contribution < 1.29 is 0 Å². The fraction of sp³-hybridized carbons (Fsp3) is 0.368. The van der Waals surface area contributed by atoms with Crippen molar-refractivity contribution in [2.45, 2.75) is 47.5 Å². The summed E-state index contributed by atoms with van der Waals surface area (Å²) in [5.41, 5.74) is 6.85. The van der Waals surface area contributed by atoms with Crippen LogP contribution in [0.3, 0.4) is 0 Å². The van der Waals surface area contributed by atoms with Crippen molar-refractivity contribution in [1.82, 2.24) is 0 Å². The number of benzene rings is 2. The van der Waals surface area contributed by atoms with Crippen molar-refractivity contribution in [3.63, 3.8) is 0 Å². The van der Waals surface area contributed by atoms with Gasteiger partial charge in [0.1, 0.15) is 0 Å². The maximum absolute atomic E-state index is 3.63. The smallest absolute Gasteiger partial charge is 0.0209 e. The molecule has 0 aliphatic carbocycles. The molecule has 108 valence electrons. The van der Waals surface area contributed by atoms with Gasteiger partial charge in [-0.1, -0.05) is 67.0 Å². The monoisotopic (exact) mass is 332 g/mol. The third-order valence-corrected chi connectivity index (χ3v) is 4.25. The van der Waals surface area contributed by atoms with Crippen LogP contribution in [0.25, 0.3) is 0 Å². The maximum Gasteiger partial charge on any atom is 0.0209 e. The highest BCUT2D eigenvalue weighted by molar-refractivity contribution is 9.10. The zero-order valence-electron chi connectivity index (χ0n) is 13.3. The van der Waals surface area contributed by atoms with Crippen molar-refractivity contribution in [3.05, 3.63) is 68.7 Å². The minimum absolute atomic E-state index is 1.01. The van der Waals surface area contributed by atoms with E-state index in [1.807, 2.05) is 13.8 Å². The van der Waals surface area contributed by atoms with Gasteiger partial charge in [0, 0.05) is 4.47 Å². The van der Waals surface area contributed by atoms with Crippen molar-refractivity contribution in [2.75, 3.05) is 0 Å². The van der Waals surface area contributed by atoms with E-state index in [1.165, 1.54) is 32.3 Å². The van der Waals surface area contributed by atoms with Crippen LogP contribution in [-0.2, 0) is 12.8 Å². The number of hydrogen-bond donors (Lipinski definition) is 0. The van der Waals surface area contributed by atoms with Crippen LogP contribution in [0.2, 0.25) is 0 Å². The summed E-state index contributed by atoms with van der Waals surface area (Å²) in [6.07, 6.45) is 2.12. The Morgan fingerprint density at radius 1 is 0.900 bits per heavy atom. The van der Waals surface area contributed by atoms with Gasteiger partial charge in [0.25, 0.3) is 0 Å². The molecule has 0 heterocycles. The van der Waals surface area contributed by atoms with Gasteiger partial charge in [-0.2, -0.15) is 0 Å². The van der Waals surface area contributed by atoms with Gasteiger partial charge in [0.15, 0.2) is 0 Å². The minimum atomic E-state index is 1.01. The van der Waals surface area contributed by atoms with E-state index < -0.39 is 0 Å². The summed E-state index contributed by atoms with van der Waals surface area (Å²) in [5.74, 6) is 0. The Morgan fingerprint density at radius 2 is 1.45 bits per heavy atom. The van der Waals surface area contributed by atoms with Gasteiger partial charge in [-0.15, -0.1) is 0 Å². The van der Waals surface area contributed by atoms with Gasteiger partial charge in [0.05, 0.1) is 0 Å². The molecule has 2 aromatic rings. The second-order valence-electron chi connectivity index (χ2n) is 4.88. The predicted molar refractivity (Wildman–Crippen MR) is 93.6 cm³/mol. The molecule has 0 unspecified atom stereocenters. The van der Waals surface area contributed by atoms with Crippen molar-refractivity contribution in [2.24, 2.45) is 0 Å². The molecule has 0 fully saturated rings. The lowest BCUT2D eigenvalue weighted by molar-refractivity contribution is 1.10. The molecule has 0 amide bonds. The van der Waals surface area contributed by atoms with E-state index in [0.717, 1.165) is 12.8 Å². The fourth-order valence-electron chi connectivity index (χ4n) is 2.18. The SMILES string of the molecule is CC.CCc1ccc(Cc2cc(C)cc(Br)c2C)cc1. The maximum atomic E-state index is 3.63. The Morgan fingerprint density at radius 3 is 2.00 bits per heavy atom. The molecule has 0 aliphatic rings. The lowest BCUT2D eigenvalue weighted by atomic mass is 9.98. The quantitative estimate of drug-likeness (QED) is 0.623. The van der Waals surface area contributed by atoms with Crippen LogP contribution in [0.15, 0.2) is 40.9 Å². The lowest BCUT2D eigenvalue weighted by Gasteiger charge is -2.10. The van der Waals surface area contributed by atoms with Crippen molar-refractivity contribution in [1.29, 1.82) is 0 Å². The highest BCUT2D eigenvalue weighted by atomic mass is 79.9. The normalized spacial score (nSPS) is 9.90. The number of hydrogen-bond acceptors (Lipinski definition) is 0. The first-order valence-corrected chi connectivity index (χ1v) is 8.23. The average molecular weight is 333 g/mol. The van der Waals surface area contributed by atoms with Crippen LogP contribution >= 0.6 is 15.9 Å². The van der Waals surface area contributed by atoms with E-state index in [0.29, 0.717) is 0 Å². The summed E-state index contributed by atoms with van der Waals surface area (Å²) >= 11 is 3.63. The molecule has 0 bridgehead atoms. The van der Waals surface area contributed by atoms with Gasteiger partial charge in [0.2, 0.25) is 0 Å². The molecular formula is C19H25Br. The zero-order valence-corrected chi connectivity index (χ0v) is 14.8. The van der Waals surface area contributed by atoms with Crippen LogP contribution in [0.4, 0.5) is 0 Å². The number of rotatable bonds is 3. The Kier molecular flexibility index (Phi) is 7.01. The second-order valence-corrected chi connectivity index (χ2v) is 5.73. The molecule has 20 heavy (non-hydrogen) atoms. The molecule has 2 rings (SSSR count). The highest BCUT2D eigenvalue weighted by Crippen LogP contribution is 2.24. The Labute approximate surface area is 132 Å². The molecule has 0 aromatic heterocycles. The summed E-state index contributed by atoms with van der Waals surface area (Å²) in [7, 11) is 0. The minimum Gasteiger partial charge on any atom is -0.0683 e. The van der Waals surface area contributed by atoms with E-state index in [-0.39, 0.29) is 0 Å². The zero-order chi connectivity index (χ0) is 15.1. The van der Waals surface area contributed by atoms with E-state index in [1.54, 1.807) is 0 Å². The fourth-order valence-corrected chi connectivity index (χ4v) is 2.80. The third kappa shape index (κ3) is 4.49. The van der Waals surface area contributed by atoms with E-state index >= 15 is 0 Å². The highest BCUT2D eigenvalue weighted by Gasteiger charge is 2.05. The molecule has 0 atom stereocenters. The molecule has 0 saturated carbocycles. The lowest BCUT2D eigenvalue weighted by Crippen LogP contribution is -1.94. The first kappa shape index (κ1) is 17.0. The van der Waals surface area contributed by atoms with Crippen LogP contribution in [0.5, 0.6) is 0 Å². The van der Waals surface area contributed by atoms with Crippen molar-refractivity contribution >= 4 is 15.9 Å². The topological polar surface area (TPSA) is 0 Å². The van der Waals surface area contributed by atoms with E-state index in [4.69, 9.17) is 0 Å². The Bertz CT molecular complexity index is 538. The average Bonchev–Trinajstić information content (AvgIpc) is 2.47. The molecule has 0 saturated heterocycles. The molecule has 1 heteroatoms. The first-order chi connectivity index (χ1) is 9.60. The summed E-state index contributed by atoms with van der Waals surface area (Å²) in [6, 6.07) is 13.4. The molecule has 0 nitrogen and oxygen atoms in total. The molecular weight excluding hydrogens is 308 g/mol. The molecule has 0 radical (unpaired) electrons.